The molecule has 1 atom stereocenters. The van der Waals surface area contributed by atoms with Crippen LogP contribution in [0.15, 0.2) is 0 Å². The molecule has 2 aliphatic rings. The van der Waals surface area contributed by atoms with Gasteiger partial charge in [0.05, 0.1) is 6.10 Å². The lowest BCUT2D eigenvalue weighted by Gasteiger charge is -2.31. The van der Waals surface area contributed by atoms with E-state index in [0.717, 1.165) is 19.0 Å². The molecule has 1 heterocycles. The van der Waals surface area contributed by atoms with Crippen molar-refractivity contribution in [3.8, 4) is 0 Å². The van der Waals surface area contributed by atoms with Crippen molar-refractivity contribution in [3.63, 3.8) is 0 Å². The van der Waals surface area contributed by atoms with Crippen molar-refractivity contribution in [2.24, 2.45) is 5.92 Å². The van der Waals surface area contributed by atoms with Gasteiger partial charge in [-0.15, -0.1) is 0 Å². The average Bonchev–Trinajstić information content (AvgIpc) is 3.02. The highest BCUT2D eigenvalue weighted by molar-refractivity contribution is 4.82. The van der Waals surface area contributed by atoms with E-state index in [9.17, 15) is 5.11 Å². The Kier molecular flexibility index (Phi) is 4.00. The molecule has 2 fully saturated rings. The second-order valence-electron chi connectivity index (χ2n) is 5.32. The van der Waals surface area contributed by atoms with Crippen LogP contribution in [0.4, 0.5) is 0 Å². The highest BCUT2D eigenvalue weighted by atomic mass is 16.3. The lowest BCUT2D eigenvalue weighted by atomic mass is 9.99. The fraction of sp³-hybridized carbons (Fsp3) is 1.00. The Balaban J connectivity index is 1.58. The van der Waals surface area contributed by atoms with Crippen LogP contribution in [-0.2, 0) is 0 Å². The lowest BCUT2D eigenvalue weighted by Crippen LogP contribution is -2.42. The number of hydrogen-bond donors (Lipinski definition) is 2. The minimum atomic E-state index is -0.181. The summed E-state index contributed by atoms with van der Waals surface area (Å²) in [5.74, 6) is 0.878. The fourth-order valence-corrected chi connectivity index (χ4v) is 2.20. The van der Waals surface area contributed by atoms with E-state index in [1.54, 1.807) is 0 Å². The summed E-state index contributed by atoms with van der Waals surface area (Å²) in [5.41, 5.74) is 0. The van der Waals surface area contributed by atoms with E-state index in [0.29, 0.717) is 6.04 Å². The first-order valence-corrected chi connectivity index (χ1v) is 6.38. The predicted molar refractivity (Wildman–Crippen MR) is 61.9 cm³/mol. The fourth-order valence-electron chi connectivity index (χ4n) is 2.20. The van der Waals surface area contributed by atoms with Gasteiger partial charge in [-0.3, -0.25) is 0 Å². The maximum Gasteiger partial charge on any atom is 0.0791 e. The second kappa shape index (κ2) is 5.28. The number of nitrogens with one attached hydrogen (secondary N) is 1. The van der Waals surface area contributed by atoms with E-state index in [1.165, 1.54) is 38.8 Å². The van der Waals surface area contributed by atoms with Gasteiger partial charge in [-0.05, 0) is 44.7 Å². The van der Waals surface area contributed by atoms with Gasteiger partial charge in [0, 0.05) is 19.1 Å². The van der Waals surface area contributed by atoms with Crippen LogP contribution in [0.3, 0.4) is 0 Å². The van der Waals surface area contributed by atoms with Crippen LogP contribution in [0.5, 0.6) is 0 Å². The van der Waals surface area contributed by atoms with E-state index in [2.05, 4.69) is 17.1 Å². The molecule has 0 radical (unpaired) electrons. The van der Waals surface area contributed by atoms with Gasteiger partial charge < -0.3 is 15.3 Å². The molecule has 15 heavy (non-hydrogen) atoms. The SMILES string of the molecule is CC1CCN(CC(O)CNC2CC2)CC1. The number of piperidine rings is 1. The van der Waals surface area contributed by atoms with Crippen LogP contribution in [-0.4, -0.2) is 48.3 Å². The number of rotatable bonds is 5. The zero-order chi connectivity index (χ0) is 10.7. The Bertz CT molecular complexity index is 186. The molecule has 0 aromatic carbocycles. The normalized spacial score (nSPS) is 26.8. The number of likely N-dealkylation sites (tertiary alicyclic amines) is 1. The minimum Gasteiger partial charge on any atom is -0.390 e. The molecule has 0 aromatic heterocycles. The van der Waals surface area contributed by atoms with Crippen LogP contribution in [0, 0.1) is 5.92 Å². The first-order chi connectivity index (χ1) is 7.24. The van der Waals surface area contributed by atoms with Gasteiger partial charge in [-0.2, -0.15) is 0 Å². The molecule has 1 saturated carbocycles. The molecule has 0 spiro atoms. The number of nitrogens with zero attached hydrogens (tertiary/aromatic N) is 1. The van der Waals surface area contributed by atoms with Gasteiger partial charge in [0.2, 0.25) is 0 Å². The quantitative estimate of drug-likeness (QED) is 0.708. The number of hydrogen-bond acceptors (Lipinski definition) is 3. The van der Waals surface area contributed by atoms with Gasteiger partial charge in [-0.25, -0.2) is 0 Å². The van der Waals surface area contributed by atoms with Crippen molar-refractivity contribution in [2.45, 2.75) is 44.8 Å². The molecular formula is C12H24N2O. The minimum absolute atomic E-state index is 0.181. The summed E-state index contributed by atoms with van der Waals surface area (Å²) in [5, 5.41) is 13.2. The van der Waals surface area contributed by atoms with Gasteiger partial charge in [0.25, 0.3) is 0 Å². The van der Waals surface area contributed by atoms with Crippen molar-refractivity contribution in [1.82, 2.24) is 10.2 Å². The highest BCUT2D eigenvalue weighted by Gasteiger charge is 2.22. The molecule has 2 rings (SSSR count). The standard InChI is InChI=1S/C12H24N2O/c1-10-4-6-14(7-5-10)9-12(15)8-13-11-2-3-11/h10-13,15H,2-9H2,1H3. The topological polar surface area (TPSA) is 35.5 Å². The second-order valence-corrected chi connectivity index (χ2v) is 5.32. The van der Waals surface area contributed by atoms with Gasteiger partial charge in [0.1, 0.15) is 0 Å². The van der Waals surface area contributed by atoms with Crippen molar-refractivity contribution in [1.29, 1.82) is 0 Å². The Morgan fingerprint density at radius 2 is 1.93 bits per heavy atom. The molecule has 1 saturated heterocycles. The van der Waals surface area contributed by atoms with Crippen molar-refractivity contribution < 1.29 is 5.11 Å². The average molecular weight is 212 g/mol. The van der Waals surface area contributed by atoms with Crippen LogP contribution >= 0.6 is 0 Å². The van der Waals surface area contributed by atoms with Crippen LogP contribution in [0.25, 0.3) is 0 Å². The highest BCUT2D eigenvalue weighted by Crippen LogP contribution is 2.19. The monoisotopic (exact) mass is 212 g/mol. The van der Waals surface area contributed by atoms with Gasteiger partial charge in [-0.1, -0.05) is 6.92 Å². The summed E-state index contributed by atoms with van der Waals surface area (Å²) < 4.78 is 0. The molecular weight excluding hydrogens is 188 g/mol. The van der Waals surface area contributed by atoms with Crippen LogP contribution in [0.1, 0.15) is 32.6 Å². The Hall–Kier alpha value is -0.120. The zero-order valence-corrected chi connectivity index (χ0v) is 9.78. The molecule has 1 aliphatic heterocycles. The van der Waals surface area contributed by atoms with Crippen LogP contribution in [0.2, 0.25) is 0 Å². The maximum absolute atomic E-state index is 9.84. The maximum atomic E-state index is 9.84. The van der Waals surface area contributed by atoms with E-state index in [-0.39, 0.29) is 6.10 Å². The van der Waals surface area contributed by atoms with E-state index < -0.39 is 0 Å². The van der Waals surface area contributed by atoms with Crippen molar-refractivity contribution in [3.05, 3.63) is 0 Å². The van der Waals surface area contributed by atoms with Gasteiger partial charge >= 0.3 is 0 Å². The third-order valence-electron chi connectivity index (χ3n) is 3.56. The summed E-state index contributed by atoms with van der Waals surface area (Å²) >= 11 is 0. The Labute approximate surface area is 92.8 Å². The Morgan fingerprint density at radius 3 is 2.53 bits per heavy atom. The first-order valence-electron chi connectivity index (χ1n) is 6.38. The third kappa shape index (κ3) is 4.09. The summed E-state index contributed by atoms with van der Waals surface area (Å²) in [4.78, 5) is 2.40. The third-order valence-corrected chi connectivity index (χ3v) is 3.56. The van der Waals surface area contributed by atoms with Crippen molar-refractivity contribution >= 4 is 0 Å². The summed E-state index contributed by atoms with van der Waals surface area (Å²) in [6.07, 6.45) is 5.01. The molecule has 2 N–H and O–H groups in total. The van der Waals surface area contributed by atoms with E-state index >= 15 is 0 Å². The lowest BCUT2D eigenvalue weighted by molar-refractivity contribution is 0.0906. The van der Waals surface area contributed by atoms with Gasteiger partial charge in [0.15, 0.2) is 0 Å². The largest absolute Gasteiger partial charge is 0.390 e. The number of aliphatic hydroxyl groups is 1. The van der Waals surface area contributed by atoms with Crippen LogP contribution < -0.4 is 5.32 Å². The van der Waals surface area contributed by atoms with Crippen molar-refractivity contribution in [2.75, 3.05) is 26.2 Å². The van der Waals surface area contributed by atoms with E-state index in [1.807, 2.05) is 0 Å². The number of aliphatic hydroxyl groups excluding tert-OH is 1. The zero-order valence-electron chi connectivity index (χ0n) is 9.78. The molecule has 0 aromatic rings. The molecule has 1 unspecified atom stereocenters. The van der Waals surface area contributed by atoms with E-state index in [4.69, 9.17) is 0 Å². The summed E-state index contributed by atoms with van der Waals surface area (Å²) in [7, 11) is 0. The molecule has 3 nitrogen and oxygen atoms in total. The first kappa shape index (κ1) is 11.4. The molecule has 0 amide bonds. The molecule has 88 valence electrons. The summed E-state index contributed by atoms with van der Waals surface area (Å²) in [6, 6.07) is 0.709. The summed E-state index contributed by atoms with van der Waals surface area (Å²) in [6.45, 7) is 6.29. The smallest absolute Gasteiger partial charge is 0.0791 e. The molecule has 1 aliphatic carbocycles. The molecule has 3 heteroatoms. The number of β-amino-alcohol motifs (C(OH)–C–C–N with tert-alkyl or cyclic N) is 1. The molecule has 0 bridgehead atoms. The Morgan fingerprint density at radius 1 is 1.27 bits per heavy atom. The predicted octanol–water partition coefficient (Wildman–Crippen LogP) is 0.831.